The number of hydrogen-bond donors (Lipinski definition) is 1. The number of allylic oxidation sites excluding steroid dienone is 1. The van der Waals surface area contributed by atoms with E-state index in [0.717, 1.165) is 16.9 Å². The van der Waals surface area contributed by atoms with Crippen molar-refractivity contribution in [3.05, 3.63) is 35.9 Å². The van der Waals surface area contributed by atoms with Crippen LogP contribution >= 0.6 is 0 Å². The van der Waals surface area contributed by atoms with Gasteiger partial charge in [-0.15, -0.1) is 6.58 Å². The Hall–Kier alpha value is -1.48. The number of ether oxygens (including phenoxy) is 2. The zero-order valence-corrected chi connectivity index (χ0v) is 9.82. The van der Waals surface area contributed by atoms with E-state index in [1.54, 1.807) is 19.3 Å². The lowest BCUT2D eigenvalue weighted by Crippen LogP contribution is -2.00. The maximum atomic E-state index is 9.16. The van der Waals surface area contributed by atoms with Gasteiger partial charge in [0.05, 0.1) is 20.3 Å². The minimum Gasteiger partial charge on any atom is -0.493 e. The molecule has 1 aromatic carbocycles. The lowest BCUT2D eigenvalue weighted by atomic mass is 10.1. The van der Waals surface area contributed by atoms with Gasteiger partial charge in [-0.3, -0.25) is 0 Å². The van der Waals surface area contributed by atoms with Gasteiger partial charge in [0.2, 0.25) is 0 Å². The summed E-state index contributed by atoms with van der Waals surface area (Å²) in [4.78, 5) is 0. The Morgan fingerprint density at radius 3 is 2.69 bits per heavy atom. The van der Waals surface area contributed by atoms with Crippen LogP contribution in [-0.4, -0.2) is 18.8 Å². The number of benzene rings is 1. The molecule has 3 nitrogen and oxygen atoms in total. The highest BCUT2D eigenvalue weighted by molar-refractivity contribution is 5.50. The molecular weight excluding hydrogens is 204 g/mol. The number of rotatable bonds is 6. The standard InChI is InChI=1S/C13H18O3/c1-4-6-11-7-10(9-14)8-12(16-5-2)13(11)15-3/h4,7-8,14H,1,5-6,9H2,2-3H3. The molecule has 0 spiro atoms. The molecular formula is C13H18O3. The van der Waals surface area contributed by atoms with E-state index in [9.17, 15) is 0 Å². The summed E-state index contributed by atoms with van der Waals surface area (Å²) in [6.45, 7) is 6.18. The van der Waals surface area contributed by atoms with Crippen LogP contribution in [-0.2, 0) is 13.0 Å². The summed E-state index contributed by atoms with van der Waals surface area (Å²) in [7, 11) is 1.61. The molecule has 0 radical (unpaired) electrons. The van der Waals surface area contributed by atoms with Gasteiger partial charge in [0, 0.05) is 5.56 Å². The van der Waals surface area contributed by atoms with Crippen molar-refractivity contribution in [2.75, 3.05) is 13.7 Å². The average molecular weight is 222 g/mol. The molecule has 3 heteroatoms. The van der Waals surface area contributed by atoms with Crippen LogP contribution in [0, 0.1) is 0 Å². The highest BCUT2D eigenvalue weighted by Crippen LogP contribution is 2.33. The van der Waals surface area contributed by atoms with Gasteiger partial charge in [0.25, 0.3) is 0 Å². The van der Waals surface area contributed by atoms with Crippen LogP contribution in [0.5, 0.6) is 11.5 Å². The fourth-order valence-corrected chi connectivity index (χ4v) is 1.62. The zero-order valence-electron chi connectivity index (χ0n) is 9.82. The Morgan fingerprint density at radius 1 is 1.44 bits per heavy atom. The van der Waals surface area contributed by atoms with Crippen LogP contribution in [0.1, 0.15) is 18.1 Å². The molecule has 0 saturated carbocycles. The quantitative estimate of drug-likeness (QED) is 0.751. The SMILES string of the molecule is C=CCc1cc(CO)cc(OCC)c1OC. The Balaban J connectivity index is 3.21. The van der Waals surface area contributed by atoms with Gasteiger partial charge in [0.1, 0.15) is 0 Å². The Kier molecular flexibility index (Phi) is 4.86. The molecule has 0 aliphatic rings. The van der Waals surface area contributed by atoms with Gasteiger partial charge in [0.15, 0.2) is 11.5 Å². The number of methoxy groups -OCH3 is 1. The maximum Gasteiger partial charge on any atom is 0.164 e. The van der Waals surface area contributed by atoms with Crippen molar-refractivity contribution in [1.82, 2.24) is 0 Å². The van der Waals surface area contributed by atoms with Crippen LogP contribution < -0.4 is 9.47 Å². The summed E-state index contributed by atoms with van der Waals surface area (Å²) in [6.07, 6.45) is 2.49. The van der Waals surface area contributed by atoms with Gasteiger partial charge in [-0.05, 0) is 31.0 Å². The topological polar surface area (TPSA) is 38.7 Å². The molecule has 16 heavy (non-hydrogen) atoms. The maximum absolute atomic E-state index is 9.16. The van der Waals surface area contributed by atoms with Crippen LogP contribution in [0.15, 0.2) is 24.8 Å². The summed E-state index contributed by atoms with van der Waals surface area (Å²) in [5.74, 6) is 1.40. The highest BCUT2D eigenvalue weighted by atomic mass is 16.5. The molecule has 0 saturated heterocycles. The van der Waals surface area contributed by atoms with Gasteiger partial charge in [-0.25, -0.2) is 0 Å². The Bertz CT molecular complexity index is 358. The Labute approximate surface area is 96.3 Å². The van der Waals surface area contributed by atoms with Crippen molar-refractivity contribution < 1.29 is 14.6 Å². The van der Waals surface area contributed by atoms with E-state index < -0.39 is 0 Å². The average Bonchev–Trinajstić information content (AvgIpc) is 2.29. The molecule has 0 bridgehead atoms. The van der Waals surface area contributed by atoms with Crippen molar-refractivity contribution in [2.45, 2.75) is 20.0 Å². The van der Waals surface area contributed by atoms with Gasteiger partial charge in [-0.2, -0.15) is 0 Å². The molecule has 1 aromatic rings. The van der Waals surface area contributed by atoms with E-state index in [1.807, 2.05) is 13.0 Å². The molecule has 1 rings (SSSR count). The summed E-state index contributed by atoms with van der Waals surface area (Å²) >= 11 is 0. The van der Waals surface area contributed by atoms with E-state index in [2.05, 4.69) is 6.58 Å². The van der Waals surface area contributed by atoms with E-state index in [-0.39, 0.29) is 6.61 Å². The van der Waals surface area contributed by atoms with Gasteiger partial charge < -0.3 is 14.6 Å². The van der Waals surface area contributed by atoms with E-state index in [4.69, 9.17) is 14.6 Å². The number of aliphatic hydroxyl groups is 1. The molecule has 1 N–H and O–H groups in total. The van der Waals surface area contributed by atoms with Crippen molar-refractivity contribution in [1.29, 1.82) is 0 Å². The molecule has 0 aromatic heterocycles. The second-order valence-corrected chi connectivity index (χ2v) is 3.37. The first-order valence-corrected chi connectivity index (χ1v) is 5.31. The monoisotopic (exact) mass is 222 g/mol. The molecule has 88 valence electrons. The van der Waals surface area contributed by atoms with Crippen LogP contribution in [0.2, 0.25) is 0 Å². The lowest BCUT2D eigenvalue weighted by Gasteiger charge is -2.14. The fraction of sp³-hybridized carbons (Fsp3) is 0.385. The smallest absolute Gasteiger partial charge is 0.164 e. The van der Waals surface area contributed by atoms with Crippen molar-refractivity contribution in [2.24, 2.45) is 0 Å². The lowest BCUT2D eigenvalue weighted by molar-refractivity contribution is 0.277. The Morgan fingerprint density at radius 2 is 2.19 bits per heavy atom. The van der Waals surface area contributed by atoms with Crippen molar-refractivity contribution >= 4 is 0 Å². The molecule has 0 aliphatic heterocycles. The predicted octanol–water partition coefficient (Wildman–Crippen LogP) is 2.31. The first-order chi connectivity index (χ1) is 7.76. The molecule has 0 fully saturated rings. The summed E-state index contributed by atoms with van der Waals surface area (Å²) < 4.78 is 10.8. The minimum absolute atomic E-state index is 0.00574. The van der Waals surface area contributed by atoms with Crippen molar-refractivity contribution in [3.63, 3.8) is 0 Å². The normalized spacial score (nSPS) is 9.94. The zero-order chi connectivity index (χ0) is 12.0. The van der Waals surface area contributed by atoms with E-state index in [0.29, 0.717) is 18.8 Å². The third-order valence-corrected chi connectivity index (χ3v) is 2.24. The summed E-state index contributed by atoms with van der Waals surface area (Å²) in [5.41, 5.74) is 1.80. The third kappa shape index (κ3) is 2.76. The highest BCUT2D eigenvalue weighted by Gasteiger charge is 2.11. The number of hydrogen-bond acceptors (Lipinski definition) is 3. The molecule has 0 aliphatic carbocycles. The molecule has 0 amide bonds. The largest absolute Gasteiger partial charge is 0.493 e. The first-order valence-electron chi connectivity index (χ1n) is 5.31. The first kappa shape index (κ1) is 12.6. The van der Waals surface area contributed by atoms with Crippen molar-refractivity contribution in [3.8, 4) is 11.5 Å². The minimum atomic E-state index is -0.00574. The summed E-state index contributed by atoms with van der Waals surface area (Å²) in [6, 6.07) is 3.71. The second kappa shape index (κ2) is 6.18. The fourth-order valence-electron chi connectivity index (χ4n) is 1.62. The van der Waals surface area contributed by atoms with Crippen LogP contribution in [0.3, 0.4) is 0 Å². The van der Waals surface area contributed by atoms with E-state index >= 15 is 0 Å². The second-order valence-electron chi connectivity index (χ2n) is 3.37. The van der Waals surface area contributed by atoms with Gasteiger partial charge >= 0.3 is 0 Å². The van der Waals surface area contributed by atoms with E-state index in [1.165, 1.54) is 0 Å². The van der Waals surface area contributed by atoms with Gasteiger partial charge in [-0.1, -0.05) is 6.08 Å². The summed E-state index contributed by atoms with van der Waals surface area (Å²) in [5, 5.41) is 9.16. The molecule has 0 atom stereocenters. The molecule has 0 heterocycles. The predicted molar refractivity (Wildman–Crippen MR) is 64.0 cm³/mol. The number of aliphatic hydroxyl groups excluding tert-OH is 1. The molecule has 0 unspecified atom stereocenters. The third-order valence-electron chi connectivity index (χ3n) is 2.24. The van der Waals surface area contributed by atoms with Crippen LogP contribution in [0.25, 0.3) is 0 Å². The van der Waals surface area contributed by atoms with Crippen LogP contribution in [0.4, 0.5) is 0 Å².